The topological polar surface area (TPSA) is 133 Å². The summed E-state index contributed by atoms with van der Waals surface area (Å²) in [6, 6.07) is 13.5. The van der Waals surface area contributed by atoms with Crippen molar-refractivity contribution in [2.45, 2.75) is 13.0 Å². The van der Waals surface area contributed by atoms with Gasteiger partial charge in [0.05, 0.1) is 21.2 Å². The highest BCUT2D eigenvalue weighted by Gasteiger charge is 2.47. The molecule has 1 aliphatic carbocycles. The van der Waals surface area contributed by atoms with E-state index in [1.807, 2.05) is 18.2 Å². The molecule has 40 heavy (non-hydrogen) atoms. The SMILES string of the molecule is O=C(OC#Cc1cc2ncnc(Nc3ccc(OCc4ccccn4)c(Cl)c3)c2cc1[N+](=O)[O-])N1CC2CC2C1. The maximum absolute atomic E-state index is 12.2. The van der Waals surface area contributed by atoms with Gasteiger partial charge in [-0.15, -0.1) is 0 Å². The molecule has 12 heteroatoms. The molecule has 1 amide bonds. The molecule has 0 spiro atoms. The van der Waals surface area contributed by atoms with Crippen LogP contribution in [0.25, 0.3) is 10.9 Å². The number of carbonyl (C=O) groups is 1. The number of carbonyl (C=O) groups excluding carboxylic acids is 1. The lowest BCUT2D eigenvalue weighted by Gasteiger charge is -2.14. The second kappa shape index (κ2) is 10.7. The zero-order valence-electron chi connectivity index (χ0n) is 20.9. The number of hydrogen-bond donors (Lipinski definition) is 1. The highest BCUT2D eigenvalue weighted by atomic mass is 35.5. The molecule has 2 aliphatic rings. The Morgan fingerprint density at radius 2 is 2.00 bits per heavy atom. The Morgan fingerprint density at radius 3 is 2.75 bits per heavy atom. The number of benzene rings is 2. The van der Waals surface area contributed by atoms with Crippen molar-refractivity contribution in [3.05, 3.63) is 87.4 Å². The van der Waals surface area contributed by atoms with Crippen molar-refractivity contribution in [3.8, 4) is 17.8 Å². The Morgan fingerprint density at radius 1 is 1.15 bits per heavy atom. The Bertz CT molecular complexity index is 1680. The summed E-state index contributed by atoms with van der Waals surface area (Å²) in [5.41, 5.74) is 1.57. The lowest BCUT2D eigenvalue weighted by Crippen LogP contribution is -2.29. The fraction of sp³-hybridized carbons (Fsp3) is 0.214. The number of halogens is 1. The molecule has 4 aromatic rings. The molecule has 1 saturated heterocycles. The highest BCUT2D eigenvalue weighted by molar-refractivity contribution is 6.32. The predicted octanol–water partition coefficient (Wildman–Crippen LogP) is 5.31. The van der Waals surface area contributed by atoms with Crippen LogP contribution in [-0.2, 0) is 11.3 Å². The molecule has 1 N–H and O–H groups in total. The molecule has 11 nitrogen and oxygen atoms in total. The summed E-state index contributed by atoms with van der Waals surface area (Å²) < 4.78 is 10.8. The van der Waals surface area contributed by atoms with Crippen LogP contribution in [0, 0.1) is 34.0 Å². The number of nitro benzene ring substituents is 1. The van der Waals surface area contributed by atoms with Crippen LogP contribution in [0.2, 0.25) is 5.02 Å². The number of ether oxygens (including phenoxy) is 2. The van der Waals surface area contributed by atoms with Gasteiger partial charge in [0.1, 0.15) is 36.2 Å². The van der Waals surface area contributed by atoms with Crippen molar-refractivity contribution in [1.29, 1.82) is 0 Å². The van der Waals surface area contributed by atoms with Gasteiger partial charge in [0, 0.05) is 36.4 Å². The van der Waals surface area contributed by atoms with Gasteiger partial charge in [0.25, 0.3) is 5.69 Å². The molecular weight excluding hydrogens is 536 g/mol. The molecule has 2 aromatic heterocycles. The highest BCUT2D eigenvalue weighted by Crippen LogP contribution is 2.45. The summed E-state index contributed by atoms with van der Waals surface area (Å²) in [5, 5.41) is 15.8. The van der Waals surface area contributed by atoms with Crippen LogP contribution in [0.5, 0.6) is 5.75 Å². The normalized spacial score (nSPS) is 17.0. The minimum atomic E-state index is -0.555. The average Bonchev–Trinajstić information content (AvgIpc) is 3.57. The first kappa shape index (κ1) is 25.3. The molecule has 1 saturated carbocycles. The van der Waals surface area contributed by atoms with Crippen LogP contribution in [0.3, 0.4) is 0 Å². The molecule has 2 atom stereocenters. The van der Waals surface area contributed by atoms with Crippen LogP contribution in [-0.4, -0.2) is 44.0 Å². The number of nitrogens with one attached hydrogen (secondary N) is 1. The first-order valence-electron chi connectivity index (χ1n) is 12.4. The van der Waals surface area contributed by atoms with Gasteiger partial charge in [-0.25, -0.2) is 14.8 Å². The Balaban J connectivity index is 1.20. The number of piperidine rings is 1. The summed E-state index contributed by atoms with van der Waals surface area (Å²) in [6.07, 6.45) is 5.95. The van der Waals surface area contributed by atoms with E-state index in [1.54, 1.807) is 29.3 Å². The van der Waals surface area contributed by atoms with Crippen LogP contribution < -0.4 is 10.1 Å². The monoisotopic (exact) mass is 556 g/mol. The minimum absolute atomic E-state index is 0.0664. The second-order valence-electron chi connectivity index (χ2n) is 9.50. The second-order valence-corrected chi connectivity index (χ2v) is 9.91. The predicted molar refractivity (Wildman–Crippen MR) is 146 cm³/mol. The van der Waals surface area contributed by atoms with Crippen molar-refractivity contribution in [2.75, 3.05) is 18.4 Å². The number of aromatic nitrogens is 3. The van der Waals surface area contributed by atoms with Gasteiger partial charge in [-0.05, 0) is 60.6 Å². The smallest absolute Gasteiger partial charge is 0.423 e. The fourth-order valence-corrected chi connectivity index (χ4v) is 4.88. The van der Waals surface area contributed by atoms with Crippen LogP contribution >= 0.6 is 11.6 Å². The Kier molecular flexibility index (Phi) is 6.76. The average molecular weight is 557 g/mol. The van der Waals surface area contributed by atoms with E-state index < -0.39 is 11.0 Å². The fourth-order valence-electron chi connectivity index (χ4n) is 4.65. The lowest BCUT2D eigenvalue weighted by molar-refractivity contribution is -0.385. The van der Waals surface area contributed by atoms with Gasteiger partial charge in [-0.1, -0.05) is 17.7 Å². The molecule has 2 fully saturated rings. The summed E-state index contributed by atoms with van der Waals surface area (Å²) in [6.45, 7) is 1.59. The van der Waals surface area contributed by atoms with E-state index in [0.29, 0.717) is 58.1 Å². The number of nitrogens with zero attached hydrogens (tertiary/aromatic N) is 5. The molecule has 0 bridgehead atoms. The summed E-state index contributed by atoms with van der Waals surface area (Å²) in [5.74, 6) is 4.53. The number of anilines is 2. The largest absolute Gasteiger partial charge is 0.486 e. The van der Waals surface area contributed by atoms with Crippen molar-refractivity contribution in [2.24, 2.45) is 11.8 Å². The minimum Gasteiger partial charge on any atom is -0.486 e. The van der Waals surface area contributed by atoms with Crippen molar-refractivity contribution in [3.63, 3.8) is 0 Å². The van der Waals surface area contributed by atoms with E-state index in [-0.39, 0.29) is 17.9 Å². The molecule has 1 aliphatic heterocycles. The number of amides is 1. The third-order valence-electron chi connectivity index (χ3n) is 6.81. The maximum Gasteiger partial charge on any atom is 0.423 e. The van der Waals surface area contributed by atoms with Crippen LogP contribution in [0.4, 0.5) is 22.0 Å². The zero-order valence-corrected chi connectivity index (χ0v) is 21.7. The number of rotatable bonds is 6. The summed E-state index contributed by atoms with van der Waals surface area (Å²) in [4.78, 5) is 37.8. The van der Waals surface area contributed by atoms with E-state index in [0.717, 1.165) is 12.1 Å². The number of pyridine rings is 1. The van der Waals surface area contributed by atoms with Crippen LogP contribution in [0.15, 0.2) is 61.1 Å². The van der Waals surface area contributed by atoms with Gasteiger partial charge in [-0.2, -0.15) is 0 Å². The van der Waals surface area contributed by atoms with Gasteiger partial charge >= 0.3 is 6.09 Å². The first-order valence-corrected chi connectivity index (χ1v) is 12.8. The van der Waals surface area contributed by atoms with Crippen molar-refractivity contribution < 1.29 is 19.2 Å². The van der Waals surface area contributed by atoms with E-state index >= 15 is 0 Å². The molecule has 200 valence electrons. The van der Waals surface area contributed by atoms with Gasteiger partial charge in [0.15, 0.2) is 0 Å². The standard InChI is InChI=1S/C28H21ClN6O5/c29-23-11-20(4-5-26(23)40-15-21-3-1-2-7-30-21)33-27-22-12-25(35(37)38)17(10-24(22)31-16-32-27)6-8-39-28(36)34-13-18-9-19(18)14-34/h1-5,7,10-12,16,18-19H,9,13-15H2,(H,31,32,33). The Hall–Kier alpha value is -4.95. The van der Waals surface area contributed by atoms with E-state index in [1.165, 1.54) is 18.5 Å². The number of hydrogen-bond acceptors (Lipinski definition) is 9. The summed E-state index contributed by atoms with van der Waals surface area (Å²) in [7, 11) is 0. The zero-order chi connectivity index (χ0) is 27.6. The van der Waals surface area contributed by atoms with Gasteiger partial charge in [0.2, 0.25) is 0 Å². The molecule has 2 unspecified atom stereocenters. The van der Waals surface area contributed by atoms with E-state index in [9.17, 15) is 14.9 Å². The number of likely N-dealkylation sites (tertiary alicyclic amines) is 1. The number of nitro groups is 1. The van der Waals surface area contributed by atoms with Gasteiger partial charge < -0.3 is 19.7 Å². The van der Waals surface area contributed by atoms with Crippen molar-refractivity contribution >= 4 is 45.8 Å². The van der Waals surface area contributed by atoms with Gasteiger partial charge in [-0.3, -0.25) is 15.1 Å². The lowest BCUT2D eigenvalue weighted by atomic mass is 10.1. The van der Waals surface area contributed by atoms with Crippen LogP contribution in [0.1, 0.15) is 17.7 Å². The maximum atomic E-state index is 12.2. The molecule has 0 radical (unpaired) electrons. The third-order valence-corrected chi connectivity index (χ3v) is 7.10. The molecular formula is C28H21ClN6O5. The molecule has 3 heterocycles. The third kappa shape index (κ3) is 5.43. The molecule has 2 aromatic carbocycles. The quantitative estimate of drug-likeness (QED) is 0.190. The summed E-state index contributed by atoms with van der Waals surface area (Å²) >= 11 is 6.43. The van der Waals surface area contributed by atoms with Crippen molar-refractivity contribution in [1.82, 2.24) is 19.9 Å². The van der Waals surface area contributed by atoms with E-state index in [4.69, 9.17) is 21.1 Å². The van der Waals surface area contributed by atoms with E-state index in [2.05, 4.69) is 32.3 Å². The molecule has 6 rings (SSSR count). The first-order chi connectivity index (χ1) is 19.4. The number of fused-ring (bicyclic) bond motifs is 2. The Labute approximate surface area is 233 Å².